The van der Waals surface area contributed by atoms with Crippen molar-refractivity contribution in [1.82, 2.24) is 4.68 Å². The summed E-state index contributed by atoms with van der Waals surface area (Å²) in [5.41, 5.74) is 2.12. The van der Waals surface area contributed by atoms with Gasteiger partial charge in [-0.2, -0.15) is 0 Å². The van der Waals surface area contributed by atoms with E-state index < -0.39 is 0 Å². The molecule has 1 aromatic heterocycles. The fraction of sp³-hybridized carbons (Fsp3) is 0. The lowest BCUT2D eigenvalue weighted by atomic mass is 10.2. The summed E-state index contributed by atoms with van der Waals surface area (Å²) in [6.07, 6.45) is 9.12. The summed E-state index contributed by atoms with van der Waals surface area (Å²) in [5.74, 6) is 0. The van der Waals surface area contributed by atoms with Crippen LogP contribution in [-0.4, -0.2) is 17.1 Å². The molecule has 1 heterocycles. The minimum atomic E-state index is 1.06. The Kier molecular flexibility index (Phi) is 3.98. The quantitative estimate of drug-likeness (QED) is 0.518. The highest BCUT2D eigenvalue weighted by Gasteiger charge is 1.99. The van der Waals surface area contributed by atoms with Gasteiger partial charge >= 0.3 is 0 Å². The molecule has 0 bridgehead atoms. The largest absolute Gasteiger partial charge is 0.295 e. The number of imidazole rings is 1. The highest BCUT2D eigenvalue weighted by molar-refractivity contribution is 5.79. The molecule has 0 atom stereocenters. The maximum absolute atomic E-state index is 4.35. The first-order valence-corrected chi connectivity index (χ1v) is 6.68. The Labute approximate surface area is 123 Å². The van der Waals surface area contributed by atoms with Gasteiger partial charge in [-0.1, -0.05) is 70.9 Å². The average molecular weight is 275 g/mol. The number of hydrogen-bond donors (Lipinski definition) is 0. The lowest BCUT2D eigenvalue weighted by molar-refractivity contribution is -0.677. The van der Waals surface area contributed by atoms with Crippen LogP contribution in [0, 0.1) is 0 Å². The molecule has 0 saturated heterocycles. The van der Waals surface area contributed by atoms with Gasteiger partial charge in [0.05, 0.1) is 12.4 Å². The van der Waals surface area contributed by atoms with E-state index in [0.717, 1.165) is 11.1 Å². The minimum Gasteiger partial charge on any atom is -0.106 e. The third kappa shape index (κ3) is 3.73. The molecule has 0 aliphatic rings. The molecule has 0 aliphatic carbocycles. The van der Waals surface area contributed by atoms with E-state index in [-0.39, 0.29) is 0 Å². The van der Waals surface area contributed by atoms with Gasteiger partial charge in [-0.05, 0) is 11.1 Å². The molecule has 0 saturated carbocycles. The molecular weight excluding hydrogens is 260 g/mol. The first-order chi connectivity index (χ1) is 10.4. The van der Waals surface area contributed by atoms with Crippen molar-refractivity contribution >= 4 is 12.4 Å². The van der Waals surface area contributed by atoms with Gasteiger partial charge in [0.25, 0.3) is 6.33 Å². The molecule has 0 unspecified atom stereocenters. The lowest BCUT2D eigenvalue weighted by Crippen LogP contribution is -2.23. The van der Waals surface area contributed by atoms with Gasteiger partial charge < -0.3 is 0 Å². The van der Waals surface area contributed by atoms with Crippen LogP contribution in [0.1, 0.15) is 11.1 Å². The van der Waals surface area contributed by atoms with Crippen molar-refractivity contribution < 1.29 is 4.68 Å². The van der Waals surface area contributed by atoms with Crippen LogP contribution >= 0.6 is 0 Å². The molecule has 0 amide bonds. The summed E-state index contributed by atoms with van der Waals surface area (Å²) in [4.78, 5) is 0. The van der Waals surface area contributed by atoms with Crippen LogP contribution in [0.15, 0.2) is 89.6 Å². The lowest BCUT2D eigenvalue weighted by Gasteiger charge is -1.88. The second-order valence-electron chi connectivity index (χ2n) is 4.48. The molecular formula is C17H15N4+. The van der Waals surface area contributed by atoms with Crippen molar-refractivity contribution in [2.45, 2.75) is 0 Å². The van der Waals surface area contributed by atoms with E-state index in [0.29, 0.717) is 0 Å². The molecule has 4 nitrogen and oxygen atoms in total. The van der Waals surface area contributed by atoms with Crippen LogP contribution in [0.5, 0.6) is 0 Å². The zero-order valence-electron chi connectivity index (χ0n) is 11.4. The predicted molar refractivity (Wildman–Crippen MR) is 83.5 cm³/mol. The Bertz CT molecular complexity index is 679. The Morgan fingerprint density at radius 3 is 2.10 bits per heavy atom. The van der Waals surface area contributed by atoms with E-state index in [9.17, 15) is 0 Å². The topological polar surface area (TPSA) is 33.5 Å². The molecule has 0 N–H and O–H groups in total. The van der Waals surface area contributed by atoms with Gasteiger partial charge in [0.1, 0.15) is 0 Å². The van der Waals surface area contributed by atoms with E-state index in [1.807, 2.05) is 85.5 Å². The number of hydrogen-bond acceptors (Lipinski definition) is 2. The van der Waals surface area contributed by atoms with Gasteiger partial charge in [0.15, 0.2) is 12.4 Å². The normalized spacial score (nSPS) is 11.4. The van der Waals surface area contributed by atoms with E-state index >= 15 is 0 Å². The number of aromatic nitrogens is 2. The van der Waals surface area contributed by atoms with Gasteiger partial charge in [0.2, 0.25) is 0 Å². The maximum Gasteiger partial charge on any atom is 0.295 e. The van der Waals surface area contributed by atoms with Crippen molar-refractivity contribution in [3.05, 3.63) is 90.5 Å². The van der Waals surface area contributed by atoms with Gasteiger partial charge in [-0.25, -0.2) is 0 Å². The van der Waals surface area contributed by atoms with Crippen LogP contribution in [0.3, 0.4) is 0 Å². The molecule has 3 rings (SSSR count). The zero-order chi connectivity index (χ0) is 14.3. The second-order valence-corrected chi connectivity index (χ2v) is 4.48. The summed E-state index contributed by atoms with van der Waals surface area (Å²) >= 11 is 0. The average Bonchev–Trinajstić information content (AvgIpc) is 3.01. The summed E-state index contributed by atoms with van der Waals surface area (Å²) in [6, 6.07) is 20.0. The van der Waals surface area contributed by atoms with Crippen molar-refractivity contribution in [3.8, 4) is 0 Å². The third-order valence-corrected chi connectivity index (χ3v) is 2.89. The fourth-order valence-electron chi connectivity index (χ4n) is 1.82. The second kappa shape index (κ2) is 6.43. The number of benzene rings is 2. The van der Waals surface area contributed by atoms with Crippen LogP contribution in [0.4, 0.5) is 0 Å². The first kappa shape index (κ1) is 13.0. The molecule has 2 aromatic carbocycles. The molecule has 102 valence electrons. The highest BCUT2D eigenvalue weighted by Crippen LogP contribution is 1.95. The Balaban J connectivity index is 1.69. The van der Waals surface area contributed by atoms with Crippen LogP contribution < -0.4 is 4.68 Å². The minimum absolute atomic E-state index is 1.06. The number of nitrogens with zero attached hydrogens (tertiary/aromatic N) is 4. The molecule has 0 spiro atoms. The predicted octanol–water partition coefficient (Wildman–Crippen LogP) is 2.54. The van der Waals surface area contributed by atoms with Crippen LogP contribution in [0.2, 0.25) is 0 Å². The molecule has 0 radical (unpaired) electrons. The van der Waals surface area contributed by atoms with Crippen molar-refractivity contribution in [2.75, 3.05) is 0 Å². The maximum atomic E-state index is 4.35. The zero-order valence-corrected chi connectivity index (χ0v) is 11.4. The SMILES string of the molecule is C(=N\n1cc[n+](/N=C/c2ccccc2)c1)/c1ccccc1. The Morgan fingerprint density at radius 2 is 1.43 bits per heavy atom. The molecule has 3 aromatic rings. The molecule has 4 heteroatoms. The van der Waals surface area contributed by atoms with Crippen molar-refractivity contribution in [1.29, 1.82) is 0 Å². The van der Waals surface area contributed by atoms with Gasteiger partial charge in [0, 0.05) is 0 Å². The van der Waals surface area contributed by atoms with Crippen molar-refractivity contribution in [3.63, 3.8) is 0 Å². The van der Waals surface area contributed by atoms with Crippen molar-refractivity contribution in [2.24, 2.45) is 10.2 Å². The summed E-state index contributed by atoms with van der Waals surface area (Å²) in [6.45, 7) is 0. The third-order valence-electron chi connectivity index (χ3n) is 2.89. The summed E-state index contributed by atoms with van der Waals surface area (Å²) < 4.78 is 3.44. The summed E-state index contributed by atoms with van der Waals surface area (Å²) in [5, 5.41) is 8.70. The smallest absolute Gasteiger partial charge is 0.106 e. The van der Waals surface area contributed by atoms with E-state index in [2.05, 4.69) is 10.2 Å². The van der Waals surface area contributed by atoms with E-state index in [1.54, 1.807) is 15.7 Å². The first-order valence-electron chi connectivity index (χ1n) is 6.68. The molecule has 0 aliphatic heterocycles. The van der Waals surface area contributed by atoms with Gasteiger partial charge in [-0.15, -0.1) is 9.35 Å². The van der Waals surface area contributed by atoms with Crippen LogP contribution in [-0.2, 0) is 0 Å². The summed E-state index contributed by atoms with van der Waals surface area (Å²) in [7, 11) is 0. The fourth-order valence-corrected chi connectivity index (χ4v) is 1.82. The number of rotatable bonds is 4. The van der Waals surface area contributed by atoms with Gasteiger partial charge in [-0.3, -0.25) is 0 Å². The van der Waals surface area contributed by atoms with E-state index in [1.165, 1.54) is 0 Å². The Hall–Kier alpha value is -3.01. The monoisotopic (exact) mass is 275 g/mol. The molecule has 21 heavy (non-hydrogen) atoms. The van der Waals surface area contributed by atoms with Crippen LogP contribution in [0.25, 0.3) is 0 Å². The highest BCUT2D eigenvalue weighted by atomic mass is 15.4. The molecule has 0 fully saturated rings. The standard InChI is InChI=1S/C17H15N4/c1-3-7-16(8-4-1)13-18-20-11-12-21(15-20)19-14-17-9-5-2-6-10-17/h1-15H/q+1/b18-13+,19-14+. The Morgan fingerprint density at radius 1 is 0.810 bits per heavy atom. The van der Waals surface area contributed by atoms with E-state index in [4.69, 9.17) is 0 Å².